The van der Waals surface area contributed by atoms with Crippen molar-refractivity contribution in [3.05, 3.63) is 0 Å². The van der Waals surface area contributed by atoms with Crippen molar-refractivity contribution in [3.63, 3.8) is 0 Å². The van der Waals surface area contributed by atoms with Gasteiger partial charge < -0.3 is 10.1 Å². The van der Waals surface area contributed by atoms with E-state index in [9.17, 15) is 0 Å². The van der Waals surface area contributed by atoms with E-state index < -0.39 is 0 Å². The molecule has 1 N–H and O–H groups in total. The Bertz CT molecular complexity index is 221. The van der Waals surface area contributed by atoms with Crippen LogP contribution in [0.15, 0.2) is 0 Å². The summed E-state index contributed by atoms with van der Waals surface area (Å²) in [5, 5.41) is 3.53. The topological polar surface area (TPSA) is 27.7 Å². The van der Waals surface area contributed by atoms with Crippen molar-refractivity contribution in [2.75, 3.05) is 52.4 Å². The maximum Gasteiger partial charge on any atom is 0.0700 e. The van der Waals surface area contributed by atoms with Crippen LogP contribution in [-0.2, 0) is 4.74 Å². The van der Waals surface area contributed by atoms with Crippen LogP contribution in [0.4, 0.5) is 0 Å². The first-order valence-electron chi connectivity index (χ1n) is 7.54. The molecule has 2 fully saturated rings. The lowest BCUT2D eigenvalue weighted by atomic mass is 10.2. The molecule has 0 aromatic heterocycles. The first-order chi connectivity index (χ1) is 8.75. The number of rotatable bonds is 6. The second kappa shape index (κ2) is 7.43. The summed E-state index contributed by atoms with van der Waals surface area (Å²) < 4.78 is 5.60. The van der Waals surface area contributed by atoms with Crippen LogP contribution in [0.25, 0.3) is 0 Å². The molecule has 0 spiro atoms. The van der Waals surface area contributed by atoms with E-state index in [4.69, 9.17) is 4.74 Å². The van der Waals surface area contributed by atoms with Crippen LogP contribution < -0.4 is 5.32 Å². The number of nitrogens with zero attached hydrogens (tertiary/aromatic N) is 2. The molecule has 1 atom stereocenters. The third kappa shape index (κ3) is 4.50. The normalized spacial score (nSPS) is 27.2. The first kappa shape index (κ1) is 14.3. The standard InChI is InChI=1S/C14H29N3O/c1-13(2)17-9-7-16(8-10-17)6-5-15-12-14-4-3-11-18-14/h13-15H,3-12H2,1-2H3. The average Bonchev–Trinajstić information content (AvgIpc) is 2.88. The van der Waals surface area contributed by atoms with Crippen LogP contribution in [0.3, 0.4) is 0 Å². The number of hydrogen-bond donors (Lipinski definition) is 1. The Morgan fingerprint density at radius 1 is 1.22 bits per heavy atom. The Labute approximate surface area is 112 Å². The van der Waals surface area contributed by atoms with Crippen molar-refractivity contribution in [2.45, 2.75) is 38.8 Å². The van der Waals surface area contributed by atoms with E-state index in [1.165, 1.54) is 45.6 Å². The van der Waals surface area contributed by atoms with E-state index in [2.05, 4.69) is 29.0 Å². The van der Waals surface area contributed by atoms with Crippen LogP contribution in [0.2, 0.25) is 0 Å². The number of piperazine rings is 1. The minimum Gasteiger partial charge on any atom is -0.377 e. The lowest BCUT2D eigenvalue weighted by molar-refractivity contribution is 0.0998. The van der Waals surface area contributed by atoms with Crippen molar-refractivity contribution in [3.8, 4) is 0 Å². The van der Waals surface area contributed by atoms with Gasteiger partial charge >= 0.3 is 0 Å². The van der Waals surface area contributed by atoms with Gasteiger partial charge in [0.15, 0.2) is 0 Å². The summed E-state index contributed by atoms with van der Waals surface area (Å²) in [6.07, 6.45) is 2.95. The summed E-state index contributed by atoms with van der Waals surface area (Å²) in [7, 11) is 0. The molecule has 2 aliphatic rings. The van der Waals surface area contributed by atoms with Crippen LogP contribution in [-0.4, -0.2) is 74.4 Å². The number of hydrogen-bond acceptors (Lipinski definition) is 4. The van der Waals surface area contributed by atoms with Crippen molar-refractivity contribution in [1.29, 1.82) is 0 Å². The average molecular weight is 255 g/mol. The maximum atomic E-state index is 5.60. The molecule has 106 valence electrons. The lowest BCUT2D eigenvalue weighted by Gasteiger charge is -2.36. The van der Waals surface area contributed by atoms with E-state index in [0.717, 1.165) is 19.7 Å². The summed E-state index contributed by atoms with van der Waals surface area (Å²) in [4.78, 5) is 5.14. The Morgan fingerprint density at radius 3 is 2.61 bits per heavy atom. The molecule has 0 bridgehead atoms. The molecule has 2 saturated heterocycles. The Balaban J connectivity index is 1.50. The fourth-order valence-corrected chi connectivity index (χ4v) is 2.81. The molecule has 0 radical (unpaired) electrons. The maximum absolute atomic E-state index is 5.60. The highest BCUT2D eigenvalue weighted by molar-refractivity contribution is 4.75. The van der Waals surface area contributed by atoms with Gasteiger partial charge in [-0.15, -0.1) is 0 Å². The number of nitrogens with one attached hydrogen (secondary N) is 1. The Kier molecular flexibility index (Phi) is 5.89. The van der Waals surface area contributed by atoms with E-state index in [1.807, 2.05) is 0 Å². The van der Waals surface area contributed by atoms with Crippen LogP contribution in [0.1, 0.15) is 26.7 Å². The van der Waals surface area contributed by atoms with Crippen molar-refractivity contribution < 1.29 is 4.74 Å². The second-order valence-electron chi connectivity index (χ2n) is 5.81. The monoisotopic (exact) mass is 255 g/mol. The fourth-order valence-electron chi connectivity index (χ4n) is 2.81. The molecule has 1 unspecified atom stereocenters. The van der Waals surface area contributed by atoms with Crippen LogP contribution in [0, 0.1) is 0 Å². The van der Waals surface area contributed by atoms with Crippen LogP contribution >= 0.6 is 0 Å². The van der Waals surface area contributed by atoms with Gasteiger partial charge in [-0.3, -0.25) is 9.80 Å². The predicted molar refractivity (Wildman–Crippen MR) is 75.0 cm³/mol. The molecule has 18 heavy (non-hydrogen) atoms. The zero-order valence-corrected chi connectivity index (χ0v) is 12.0. The minimum atomic E-state index is 0.475. The van der Waals surface area contributed by atoms with Gasteiger partial charge in [0.2, 0.25) is 0 Å². The quantitative estimate of drug-likeness (QED) is 0.710. The molecule has 0 aromatic rings. The summed E-state index contributed by atoms with van der Waals surface area (Å²) in [5.74, 6) is 0. The lowest BCUT2D eigenvalue weighted by Crippen LogP contribution is -2.50. The van der Waals surface area contributed by atoms with Gasteiger partial charge in [-0.2, -0.15) is 0 Å². The van der Waals surface area contributed by atoms with Crippen LogP contribution in [0.5, 0.6) is 0 Å². The largest absolute Gasteiger partial charge is 0.377 e. The van der Waals surface area contributed by atoms with E-state index in [1.54, 1.807) is 0 Å². The molecule has 4 nitrogen and oxygen atoms in total. The molecule has 0 aliphatic carbocycles. The molecule has 2 heterocycles. The van der Waals surface area contributed by atoms with Crippen molar-refractivity contribution in [1.82, 2.24) is 15.1 Å². The van der Waals surface area contributed by atoms with Gasteiger partial charge in [-0.1, -0.05) is 0 Å². The molecule has 0 amide bonds. The minimum absolute atomic E-state index is 0.475. The highest BCUT2D eigenvalue weighted by Gasteiger charge is 2.18. The smallest absolute Gasteiger partial charge is 0.0700 e. The summed E-state index contributed by atoms with van der Waals surface area (Å²) in [6.45, 7) is 13.7. The second-order valence-corrected chi connectivity index (χ2v) is 5.81. The van der Waals surface area contributed by atoms with Gasteiger partial charge in [-0.25, -0.2) is 0 Å². The zero-order chi connectivity index (χ0) is 12.8. The Morgan fingerprint density at radius 2 is 2.00 bits per heavy atom. The molecular formula is C14H29N3O. The third-order valence-electron chi connectivity index (χ3n) is 4.14. The summed E-state index contributed by atoms with van der Waals surface area (Å²) in [6, 6.07) is 0.699. The van der Waals surface area contributed by atoms with Gasteiger partial charge in [0.1, 0.15) is 0 Å². The highest BCUT2D eigenvalue weighted by Crippen LogP contribution is 2.10. The molecule has 2 aliphatic heterocycles. The summed E-state index contributed by atoms with van der Waals surface area (Å²) in [5.41, 5.74) is 0. The van der Waals surface area contributed by atoms with E-state index in [-0.39, 0.29) is 0 Å². The zero-order valence-electron chi connectivity index (χ0n) is 12.0. The van der Waals surface area contributed by atoms with Gasteiger partial charge in [0.25, 0.3) is 0 Å². The van der Waals surface area contributed by atoms with Gasteiger partial charge in [0.05, 0.1) is 6.10 Å². The Hall–Kier alpha value is -0.160. The number of ether oxygens (including phenoxy) is 1. The third-order valence-corrected chi connectivity index (χ3v) is 4.14. The summed E-state index contributed by atoms with van der Waals surface area (Å²) >= 11 is 0. The molecule has 2 rings (SSSR count). The fraction of sp³-hybridized carbons (Fsp3) is 1.00. The van der Waals surface area contributed by atoms with E-state index in [0.29, 0.717) is 12.1 Å². The molecule has 0 aromatic carbocycles. The molecular weight excluding hydrogens is 226 g/mol. The van der Waals surface area contributed by atoms with Crippen molar-refractivity contribution >= 4 is 0 Å². The predicted octanol–water partition coefficient (Wildman–Crippen LogP) is 0.781. The van der Waals surface area contributed by atoms with Crippen molar-refractivity contribution in [2.24, 2.45) is 0 Å². The van der Waals surface area contributed by atoms with Gasteiger partial charge in [0, 0.05) is 58.5 Å². The molecule has 4 heteroatoms. The molecule has 0 saturated carbocycles. The first-order valence-corrected chi connectivity index (χ1v) is 7.54. The highest BCUT2D eigenvalue weighted by atomic mass is 16.5. The SMILES string of the molecule is CC(C)N1CCN(CCNCC2CCCO2)CC1. The van der Waals surface area contributed by atoms with E-state index >= 15 is 0 Å². The van der Waals surface area contributed by atoms with Gasteiger partial charge in [-0.05, 0) is 26.7 Å².